The summed E-state index contributed by atoms with van der Waals surface area (Å²) in [5, 5.41) is 0. The Morgan fingerprint density at radius 1 is 0.867 bits per heavy atom. The molecule has 2 amide bonds. The molecule has 2 aromatic carbocycles. The molecule has 1 fully saturated rings. The number of piperazine rings is 1. The van der Waals surface area contributed by atoms with Crippen molar-refractivity contribution in [1.82, 2.24) is 9.80 Å². The number of carbonyl (C=O) groups excluding carboxylic acids is 2. The van der Waals surface area contributed by atoms with Gasteiger partial charge in [0.1, 0.15) is 0 Å². The van der Waals surface area contributed by atoms with E-state index in [1.807, 2.05) is 65.3 Å². The van der Waals surface area contributed by atoms with E-state index in [1.54, 1.807) is 7.11 Å². The first-order valence-electron chi connectivity index (χ1n) is 10.5. The number of amides is 2. The lowest BCUT2D eigenvalue weighted by Gasteiger charge is -2.35. The van der Waals surface area contributed by atoms with Crippen LogP contribution >= 0.6 is 0 Å². The van der Waals surface area contributed by atoms with Gasteiger partial charge in [0.2, 0.25) is 11.8 Å². The topological polar surface area (TPSA) is 59.1 Å². The van der Waals surface area contributed by atoms with Crippen molar-refractivity contribution in [3.8, 4) is 11.5 Å². The van der Waals surface area contributed by atoms with Crippen LogP contribution in [-0.4, -0.2) is 61.5 Å². The van der Waals surface area contributed by atoms with Crippen LogP contribution in [0.15, 0.2) is 48.5 Å². The van der Waals surface area contributed by atoms with Crippen LogP contribution in [0.2, 0.25) is 0 Å². The van der Waals surface area contributed by atoms with Gasteiger partial charge in [0.25, 0.3) is 0 Å². The van der Waals surface area contributed by atoms with E-state index in [9.17, 15) is 9.59 Å². The van der Waals surface area contributed by atoms with Crippen LogP contribution in [0.1, 0.15) is 24.5 Å². The lowest BCUT2D eigenvalue weighted by atomic mass is 10.1. The monoisotopic (exact) mass is 410 g/mol. The Labute approximate surface area is 178 Å². The van der Waals surface area contributed by atoms with Gasteiger partial charge in [-0.15, -0.1) is 0 Å². The fourth-order valence-electron chi connectivity index (χ4n) is 3.64. The van der Waals surface area contributed by atoms with Gasteiger partial charge in [0.15, 0.2) is 11.5 Å². The normalized spacial score (nSPS) is 13.8. The second-order valence-electron chi connectivity index (χ2n) is 7.34. The standard InChI is InChI=1S/C24H30N2O4/c1-3-30-21-11-9-20(17-22(21)29-2)10-12-23(27)25-13-15-26(16-14-25)24(28)18-19-7-5-4-6-8-19/h4-9,11,17H,3,10,12-16,18H2,1-2H3. The molecular formula is C24H30N2O4. The van der Waals surface area contributed by atoms with Gasteiger partial charge in [-0.25, -0.2) is 0 Å². The van der Waals surface area contributed by atoms with E-state index in [-0.39, 0.29) is 11.8 Å². The number of nitrogens with zero attached hydrogens (tertiary/aromatic N) is 2. The van der Waals surface area contributed by atoms with Gasteiger partial charge in [-0.05, 0) is 36.6 Å². The van der Waals surface area contributed by atoms with E-state index < -0.39 is 0 Å². The van der Waals surface area contributed by atoms with Crippen molar-refractivity contribution in [1.29, 1.82) is 0 Å². The summed E-state index contributed by atoms with van der Waals surface area (Å²) >= 11 is 0. The Hall–Kier alpha value is -3.02. The molecule has 3 rings (SSSR count). The molecule has 2 aromatic rings. The fraction of sp³-hybridized carbons (Fsp3) is 0.417. The first-order chi connectivity index (χ1) is 14.6. The van der Waals surface area contributed by atoms with Crippen LogP contribution in [0.3, 0.4) is 0 Å². The molecule has 30 heavy (non-hydrogen) atoms. The van der Waals surface area contributed by atoms with Gasteiger partial charge in [0.05, 0.1) is 20.1 Å². The predicted molar refractivity (Wildman–Crippen MR) is 116 cm³/mol. The van der Waals surface area contributed by atoms with E-state index in [2.05, 4.69) is 0 Å². The maximum Gasteiger partial charge on any atom is 0.227 e. The second-order valence-corrected chi connectivity index (χ2v) is 7.34. The zero-order valence-corrected chi connectivity index (χ0v) is 17.8. The second kappa shape index (κ2) is 10.7. The van der Waals surface area contributed by atoms with Crippen LogP contribution in [0, 0.1) is 0 Å². The Morgan fingerprint density at radius 3 is 2.17 bits per heavy atom. The van der Waals surface area contributed by atoms with Crippen molar-refractivity contribution in [3.63, 3.8) is 0 Å². The summed E-state index contributed by atoms with van der Waals surface area (Å²) < 4.78 is 10.9. The highest BCUT2D eigenvalue weighted by molar-refractivity contribution is 5.80. The summed E-state index contributed by atoms with van der Waals surface area (Å²) in [5.74, 6) is 1.64. The lowest BCUT2D eigenvalue weighted by molar-refractivity contribution is -0.139. The molecule has 0 unspecified atom stereocenters. The third-order valence-electron chi connectivity index (χ3n) is 5.34. The third-order valence-corrected chi connectivity index (χ3v) is 5.34. The summed E-state index contributed by atoms with van der Waals surface area (Å²) in [6.07, 6.45) is 1.50. The molecule has 6 heteroatoms. The highest BCUT2D eigenvalue weighted by Gasteiger charge is 2.24. The largest absolute Gasteiger partial charge is 0.493 e. The quantitative estimate of drug-likeness (QED) is 0.671. The average molecular weight is 411 g/mol. The summed E-state index contributed by atoms with van der Waals surface area (Å²) in [6.45, 7) is 4.87. The minimum Gasteiger partial charge on any atom is -0.493 e. The van der Waals surface area contributed by atoms with Gasteiger partial charge in [-0.2, -0.15) is 0 Å². The fourth-order valence-corrected chi connectivity index (χ4v) is 3.64. The van der Waals surface area contributed by atoms with Gasteiger partial charge in [-0.1, -0.05) is 36.4 Å². The molecule has 0 saturated carbocycles. The van der Waals surface area contributed by atoms with Crippen LogP contribution in [0.25, 0.3) is 0 Å². The van der Waals surface area contributed by atoms with E-state index in [0.29, 0.717) is 63.5 Å². The molecule has 0 aliphatic carbocycles. The Morgan fingerprint density at radius 2 is 1.53 bits per heavy atom. The van der Waals surface area contributed by atoms with Crippen LogP contribution in [0.4, 0.5) is 0 Å². The van der Waals surface area contributed by atoms with E-state index in [4.69, 9.17) is 9.47 Å². The summed E-state index contributed by atoms with van der Waals surface area (Å²) in [7, 11) is 1.62. The maximum absolute atomic E-state index is 12.6. The van der Waals surface area contributed by atoms with Crippen LogP contribution in [0.5, 0.6) is 11.5 Å². The van der Waals surface area contributed by atoms with E-state index in [0.717, 1.165) is 11.1 Å². The molecule has 0 radical (unpaired) electrons. The molecule has 1 aliphatic rings. The summed E-state index contributed by atoms with van der Waals surface area (Å²) in [5.41, 5.74) is 2.06. The van der Waals surface area contributed by atoms with Gasteiger partial charge >= 0.3 is 0 Å². The molecule has 1 heterocycles. The Bertz CT molecular complexity index is 846. The zero-order chi connectivity index (χ0) is 21.3. The molecule has 6 nitrogen and oxygen atoms in total. The number of hydrogen-bond donors (Lipinski definition) is 0. The molecular weight excluding hydrogens is 380 g/mol. The van der Waals surface area contributed by atoms with E-state index in [1.165, 1.54) is 0 Å². The molecule has 1 aliphatic heterocycles. The number of aryl methyl sites for hydroxylation is 1. The van der Waals surface area contributed by atoms with Crippen molar-refractivity contribution in [2.45, 2.75) is 26.2 Å². The van der Waals surface area contributed by atoms with Crippen molar-refractivity contribution in [3.05, 3.63) is 59.7 Å². The van der Waals surface area contributed by atoms with E-state index >= 15 is 0 Å². The smallest absolute Gasteiger partial charge is 0.227 e. The van der Waals surface area contributed by atoms with Gasteiger partial charge in [-0.3, -0.25) is 9.59 Å². The van der Waals surface area contributed by atoms with Crippen LogP contribution < -0.4 is 9.47 Å². The summed E-state index contributed by atoms with van der Waals surface area (Å²) in [6, 6.07) is 15.6. The number of hydrogen-bond acceptors (Lipinski definition) is 4. The van der Waals surface area contributed by atoms with Crippen molar-refractivity contribution in [2.75, 3.05) is 39.9 Å². The van der Waals surface area contributed by atoms with Gasteiger partial charge in [0, 0.05) is 32.6 Å². The Kier molecular flexibility index (Phi) is 7.71. The Balaban J connectivity index is 1.46. The molecule has 0 atom stereocenters. The summed E-state index contributed by atoms with van der Waals surface area (Å²) in [4.78, 5) is 28.8. The first-order valence-corrected chi connectivity index (χ1v) is 10.5. The minimum atomic E-state index is 0.120. The van der Waals surface area contributed by atoms with Crippen molar-refractivity contribution >= 4 is 11.8 Å². The molecule has 0 bridgehead atoms. The number of ether oxygens (including phenoxy) is 2. The highest BCUT2D eigenvalue weighted by atomic mass is 16.5. The zero-order valence-electron chi connectivity index (χ0n) is 17.8. The minimum absolute atomic E-state index is 0.120. The number of carbonyl (C=O) groups is 2. The number of rotatable bonds is 8. The molecule has 0 aromatic heterocycles. The molecule has 160 valence electrons. The molecule has 1 saturated heterocycles. The number of methoxy groups -OCH3 is 1. The van der Waals surface area contributed by atoms with Crippen molar-refractivity contribution in [2.24, 2.45) is 0 Å². The highest BCUT2D eigenvalue weighted by Crippen LogP contribution is 2.28. The average Bonchev–Trinajstić information content (AvgIpc) is 2.79. The van der Waals surface area contributed by atoms with Crippen molar-refractivity contribution < 1.29 is 19.1 Å². The van der Waals surface area contributed by atoms with Crippen LogP contribution in [-0.2, 0) is 22.4 Å². The maximum atomic E-state index is 12.6. The number of benzene rings is 2. The SMILES string of the molecule is CCOc1ccc(CCC(=O)N2CCN(C(=O)Cc3ccccc3)CC2)cc1OC. The molecule has 0 spiro atoms. The first kappa shape index (κ1) is 21.7. The predicted octanol–water partition coefficient (Wildman–Crippen LogP) is 2.94. The molecule has 0 N–H and O–H groups in total. The van der Waals surface area contributed by atoms with Gasteiger partial charge < -0.3 is 19.3 Å². The lowest BCUT2D eigenvalue weighted by Crippen LogP contribution is -2.51. The third kappa shape index (κ3) is 5.75.